The van der Waals surface area contributed by atoms with E-state index in [4.69, 9.17) is 9.47 Å². The minimum atomic E-state index is 0. The zero-order valence-corrected chi connectivity index (χ0v) is 19.2. The Labute approximate surface area is 184 Å². The Morgan fingerprint density at radius 1 is 1.00 bits per heavy atom. The molecule has 0 atom stereocenters. The molecule has 2 aromatic rings. The molecule has 0 amide bonds. The van der Waals surface area contributed by atoms with Gasteiger partial charge in [0.15, 0.2) is 17.5 Å². The van der Waals surface area contributed by atoms with Crippen molar-refractivity contribution in [2.75, 3.05) is 27.8 Å². The summed E-state index contributed by atoms with van der Waals surface area (Å²) in [5.41, 5.74) is 2.75. The van der Waals surface area contributed by atoms with E-state index >= 15 is 0 Å². The minimum absolute atomic E-state index is 0. The first-order valence-electron chi connectivity index (χ1n) is 9.42. The molecule has 5 nitrogen and oxygen atoms in total. The number of benzene rings is 2. The Morgan fingerprint density at radius 2 is 1.71 bits per heavy atom. The third-order valence-electron chi connectivity index (χ3n) is 5.42. The van der Waals surface area contributed by atoms with Crippen molar-refractivity contribution in [2.45, 2.75) is 31.2 Å². The second-order valence-corrected chi connectivity index (χ2v) is 6.97. The normalized spacial score (nSPS) is 15.0. The average Bonchev–Trinajstić information content (AvgIpc) is 2.69. The maximum Gasteiger partial charge on any atom is 0.191 e. The first-order valence-corrected chi connectivity index (χ1v) is 9.42. The second kappa shape index (κ2) is 10.5. The van der Waals surface area contributed by atoms with Crippen molar-refractivity contribution in [3.63, 3.8) is 0 Å². The molecule has 0 spiro atoms. The van der Waals surface area contributed by atoms with Gasteiger partial charge in [-0.2, -0.15) is 0 Å². The molecule has 6 heteroatoms. The van der Waals surface area contributed by atoms with Gasteiger partial charge in [-0.05, 0) is 36.1 Å². The summed E-state index contributed by atoms with van der Waals surface area (Å²) in [7, 11) is 5.10. The fourth-order valence-electron chi connectivity index (χ4n) is 3.61. The van der Waals surface area contributed by atoms with Crippen LogP contribution in [-0.2, 0) is 12.0 Å². The van der Waals surface area contributed by atoms with Crippen LogP contribution >= 0.6 is 24.0 Å². The third-order valence-corrected chi connectivity index (χ3v) is 5.42. The van der Waals surface area contributed by atoms with Gasteiger partial charge < -0.3 is 20.1 Å². The van der Waals surface area contributed by atoms with Gasteiger partial charge in [0.25, 0.3) is 0 Å². The molecule has 1 fully saturated rings. The Bertz CT molecular complexity index is 777. The number of hydrogen-bond acceptors (Lipinski definition) is 3. The van der Waals surface area contributed by atoms with Crippen molar-refractivity contribution in [1.82, 2.24) is 10.6 Å². The molecular weight excluding hydrogens is 465 g/mol. The fraction of sp³-hybridized carbons (Fsp3) is 0.409. The van der Waals surface area contributed by atoms with Gasteiger partial charge >= 0.3 is 0 Å². The monoisotopic (exact) mass is 495 g/mol. The van der Waals surface area contributed by atoms with Gasteiger partial charge in [-0.25, -0.2) is 0 Å². The molecule has 28 heavy (non-hydrogen) atoms. The van der Waals surface area contributed by atoms with Crippen LogP contribution in [-0.4, -0.2) is 33.8 Å². The van der Waals surface area contributed by atoms with Crippen LogP contribution in [0.2, 0.25) is 0 Å². The summed E-state index contributed by atoms with van der Waals surface area (Å²) in [4.78, 5) is 4.37. The number of ether oxygens (including phenoxy) is 2. The Morgan fingerprint density at radius 3 is 2.29 bits per heavy atom. The lowest BCUT2D eigenvalue weighted by Gasteiger charge is -2.43. The lowest BCUT2D eigenvalue weighted by atomic mass is 9.64. The van der Waals surface area contributed by atoms with Gasteiger partial charge in [-0.1, -0.05) is 42.8 Å². The van der Waals surface area contributed by atoms with Crippen molar-refractivity contribution in [3.05, 3.63) is 59.7 Å². The highest BCUT2D eigenvalue weighted by molar-refractivity contribution is 14.0. The zero-order valence-electron chi connectivity index (χ0n) is 16.8. The van der Waals surface area contributed by atoms with E-state index in [2.05, 4.69) is 46.0 Å². The van der Waals surface area contributed by atoms with Crippen molar-refractivity contribution in [3.8, 4) is 11.5 Å². The van der Waals surface area contributed by atoms with Gasteiger partial charge in [0.05, 0.1) is 14.2 Å². The number of methoxy groups -OCH3 is 2. The molecule has 0 aromatic heterocycles. The average molecular weight is 495 g/mol. The van der Waals surface area contributed by atoms with Gasteiger partial charge in [0, 0.05) is 25.6 Å². The molecule has 3 rings (SSSR count). The minimum Gasteiger partial charge on any atom is -0.493 e. The number of aliphatic imine (C=N–C) groups is 1. The van der Waals surface area contributed by atoms with Crippen LogP contribution in [0.5, 0.6) is 11.5 Å². The van der Waals surface area contributed by atoms with E-state index in [1.807, 2.05) is 18.2 Å². The van der Waals surface area contributed by atoms with Crippen LogP contribution in [0.4, 0.5) is 0 Å². The smallest absolute Gasteiger partial charge is 0.191 e. The lowest BCUT2D eigenvalue weighted by molar-refractivity contribution is 0.244. The topological polar surface area (TPSA) is 54.9 Å². The van der Waals surface area contributed by atoms with E-state index in [1.54, 1.807) is 21.3 Å². The molecule has 2 N–H and O–H groups in total. The van der Waals surface area contributed by atoms with Crippen molar-refractivity contribution in [2.24, 2.45) is 4.99 Å². The third kappa shape index (κ3) is 5.10. The molecule has 0 radical (unpaired) electrons. The van der Waals surface area contributed by atoms with Crippen molar-refractivity contribution in [1.29, 1.82) is 0 Å². The highest BCUT2D eigenvalue weighted by atomic mass is 127. The first kappa shape index (κ1) is 22.3. The number of nitrogens with zero attached hydrogens (tertiary/aromatic N) is 1. The Kier molecular flexibility index (Phi) is 8.41. The maximum absolute atomic E-state index is 5.37. The summed E-state index contributed by atoms with van der Waals surface area (Å²) in [5.74, 6) is 2.28. The summed E-state index contributed by atoms with van der Waals surface area (Å²) in [6.45, 7) is 1.56. The number of nitrogens with one attached hydrogen (secondary N) is 2. The fourth-order valence-corrected chi connectivity index (χ4v) is 3.61. The summed E-state index contributed by atoms with van der Waals surface area (Å²) in [6.07, 6.45) is 3.72. The summed E-state index contributed by atoms with van der Waals surface area (Å²) >= 11 is 0. The van der Waals surface area contributed by atoms with Crippen molar-refractivity contribution >= 4 is 29.9 Å². The standard InChI is InChI=1S/C22H29N3O2.HI/c1-23-21(24-15-17-10-11-19(26-2)20(14-17)27-3)25-16-22(12-7-13-22)18-8-5-4-6-9-18;/h4-6,8-11,14H,7,12-13,15-16H2,1-3H3,(H2,23,24,25);1H. The quantitative estimate of drug-likeness (QED) is 0.345. The summed E-state index contributed by atoms with van der Waals surface area (Å²) in [6, 6.07) is 16.7. The van der Waals surface area contributed by atoms with Crippen molar-refractivity contribution < 1.29 is 9.47 Å². The summed E-state index contributed by atoms with van der Waals surface area (Å²) < 4.78 is 10.7. The SMILES string of the molecule is CN=C(NCc1ccc(OC)c(OC)c1)NCC1(c2ccccc2)CCC1.I. The lowest BCUT2D eigenvalue weighted by Crippen LogP contribution is -2.48. The largest absolute Gasteiger partial charge is 0.493 e. The zero-order chi connectivity index (χ0) is 19.1. The molecule has 1 aliphatic rings. The van der Waals surface area contributed by atoms with Crippen LogP contribution in [0.3, 0.4) is 0 Å². The first-order chi connectivity index (χ1) is 13.2. The molecule has 1 saturated carbocycles. The Balaban J connectivity index is 0.00000280. The molecule has 152 valence electrons. The van der Waals surface area contributed by atoms with Crippen LogP contribution < -0.4 is 20.1 Å². The van der Waals surface area contributed by atoms with Gasteiger partial charge in [0.2, 0.25) is 0 Å². The van der Waals surface area contributed by atoms with Crippen LogP contribution in [0.25, 0.3) is 0 Å². The van der Waals surface area contributed by atoms with Gasteiger partial charge in [-0.3, -0.25) is 4.99 Å². The number of guanidine groups is 1. The van der Waals surface area contributed by atoms with E-state index < -0.39 is 0 Å². The van der Waals surface area contributed by atoms with E-state index in [0.717, 1.165) is 29.6 Å². The van der Waals surface area contributed by atoms with E-state index in [9.17, 15) is 0 Å². The van der Waals surface area contributed by atoms with Crippen LogP contribution in [0, 0.1) is 0 Å². The number of hydrogen-bond donors (Lipinski definition) is 2. The van der Waals surface area contributed by atoms with E-state index in [0.29, 0.717) is 6.54 Å². The van der Waals surface area contributed by atoms with Gasteiger partial charge in [-0.15, -0.1) is 24.0 Å². The van der Waals surface area contributed by atoms with Gasteiger partial charge in [0.1, 0.15) is 0 Å². The molecule has 0 saturated heterocycles. The summed E-state index contributed by atoms with van der Waals surface area (Å²) in [5, 5.41) is 6.90. The molecule has 2 aromatic carbocycles. The predicted octanol–water partition coefficient (Wildman–Crippen LogP) is 4.11. The molecule has 1 aliphatic carbocycles. The van der Waals surface area contributed by atoms with E-state index in [-0.39, 0.29) is 29.4 Å². The maximum atomic E-state index is 5.37. The highest BCUT2D eigenvalue weighted by Gasteiger charge is 2.38. The molecule has 0 unspecified atom stereocenters. The Hall–Kier alpha value is -1.96. The number of halogens is 1. The molecule has 0 aliphatic heterocycles. The molecule has 0 heterocycles. The van der Waals surface area contributed by atoms with E-state index in [1.165, 1.54) is 24.8 Å². The molecular formula is C22H30IN3O2. The van der Waals surface area contributed by atoms with Crippen LogP contribution in [0.1, 0.15) is 30.4 Å². The van der Waals surface area contributed by atoms with Crippen LogP contribution in [0.15, 0.2) is 53.5 Å². The predicted molar refractivity (Wildman–Crippen MR) is 125 cm³/mol. The highest BCUT2D eigenvalue weighted by Crippen LogP contribution is 2.43. The molecule has 0 bridgehead atoms. The second-order valence-electron chi connectivity index (χ2n) is 6.97. The number of rotatable bonds is 7.